The summed E-state index contributed by atoms with van der Waals surface area (Å²) in [6.07, 6.45) is 1.17. The van der Waals surface area contributed by atoms with Gasteiger partial charge in [0.2, 0.25) is 5.91 Å². The quantitative estimate of drug-likeness (QED) is 0.183. The summed E-state index contributed by atoms with van der Waals surface area (Å²) in [5, 5.41) is 9.87. The number of aromatic nitrogens is 3. The van der Waals surface area contributed by atoms with Gasteiger partial charge in [-0.2, -0.15) is 0 Å². The Morgan fingerprint density at radius 2 is 1.62 bits per heavy atom. The van der Waals surface area contributed by atoms with E-state index in [0.717, 1.165) is 34.4 Å². The normalized spacial score (nSPS) is 15.1. The summed E-state index contributed by atoms with van der Waals surface area (Å²) in [5.74, 6) is 2.16. The first kappa shape index (κ1) is 29.4. The van der Waals surface area contributed by atoms with Crippen LogP contribution in [0.1, 0.15) is 41.3 Å². The van der Waals surface area contributed by atoms with Crippen molar-refractivity contribution in [3.63, 3.8) is 0 Å². The van der Waals surface area contributed by atoms with Gasteiger partial charge >= 0.3 is 0 Å². The highest BCUT2D eigenvalue weighted by atomic mass is 32.2. The summed E-state index contributed by atoms with van der Waals surface area (Å²) in [4.78, 5) is 30.0. The standard InChI is InChI=1S/C33H37N5O3S/c1-23-11-15-26(16-12-23)31-34-35-33(38(31)27-17-13-24(2)14-18-27)42-21-7-10-30(39)36-19-20-37(25(3)22-36)32(40)28-8-5-6-9-29(28)41-4/h5-6,8-9,11-18,25H,7,10,19-22H2,1-4H3. The van der Waals surface area contributed by atoms with E-state index in [-0.39, 0.29) is 17.9 Å². The molecule has 0 saturated carbocycles. The number of aryl methyl sites for hydroxylation is 2. The largest absolute Gasteiger partial charge is 0.496 e. The first-order chi connectivity index (χ1) is 20.4. The first-order valence-corrected chi connectivity index (χ1v) is 15.3. The third kappa shape index (κ3) is 6.51. The second-order valence-electron chi connectivity index (χ2n) is 10.7. The maximum atomic E-state index is 13.2. The van der Waals surface area contributed by atoms with Crippen molar-refractivity contribution in [2.45, 2.75) is 44.8 Å². The number of hydrogen-bond donors (Lipinski definition) is 0. The fourth-order valence-corrected chi connectivity index (χ4v) is 6.08. The van der Waals surface area contributed by atoms with Crippen LogP contribution in [-0.2, 0) is 4.79 Å². The second kappa shape index (κ2) is 13.2. The van der Waals surface area contributed by atoms with Crippen LogP contribution in [0.4, 0.5) is 0 Å². The summed E-state index contributed by atoms with van der Waals surface area (Å²) in [6.45, 7) is 7.68. The Balaban J connectivity index is 1.18. The molecule has 1 aliphatic heterocycles. The molecular weight excluding hydrogens is 546 g/mol. The van der Waals surface area contributed by atoms with Crippen LogP contribution in [-0.4, -0.2) is 74.9 Å². The van der Waals surface area contributed by atoms with Gasteiger partial charge in [0.25, 0.3) is 5.91 Å². The Bertz CT molecular complexity index is 1530. The molecule has 0 radical (unpaired) electrons. The molecule has 2 amide bonds. The molecule has 42 heavy (non-hydrogen) atoms. The fraction of sp³-hybridized carbons (Fsp3) is 0.333. The van der Waals surface area contributed by atoms with Crippen LogP contribution in [0.5, 0.6) is 5.75 Å². The van der Waals surface area contributed by atoms with Gasteiger partial charge in [0.15, 0.2) is 11.0 Å². The average Bonchev–Trinajstić information content (AvgIpc) is 3.43. The molecule has 4 aromatic rings. The molecule has 5 rings (SSSR count). The highest BCUT2D eigenvalue weighted by Crippen LogP contribution is 2.29. The van der Waals surface area contributed by atoms with Crippen molar-refractivity contribution in [2.24, 2.45) is 0 Å². The van der Waals surface area contributed by atoms with Crippen molar-refractivity contribution >= 4 is 23.6 Å². The van der Waals surface area contributed by atoms with E-state index in [2.05, 4.69) is 77.1 Å². The number of para-hydroxylation sites is 1. The fourth-order valence-electron chi connectivity index (χ4n) is 5.19. The van der Waals surface area contributed by atoms with E-state index >= 15 is 0 Å². The highest BCUT2D eigenvalue weighted by Gasteiger charge is 2.31. The lowest BCUT2D eigenvalue weighted by atomic mass is 10.1. The number of carbonyl (C=O) groups is 2. The smallest absolute Gasteiger partial charge is 0.257 e. The molecule has 1 fully saturated rings. The minimum atomic E-state index is -0.0808. The lowest BCUT2D eigenvalue weighted by Crippen LogP contribution is -2.55. The van der Waals surface area contributed by atoms with E-state index in [1.165, 1.54) is 11.1 Å². The van der Waals surface area contributed by atoms with Crippen LogP contribution in [0.25, 0.3) is 17.1 Å². The van der Waals surface area contributed by atoms with E-state index in [4.69, 9.17) is 4.74 Å². The number of nitrogens with zero attached hydrogens (tertiary/aromatic N) is 5. The Hall–Kier alpha value is -4.11. The van der Waals surface area contributed by atoms with Gasteiger partial charge in [-0.05, 0) is 51.5 Å². The monoisotopic (exact) mass is 583 g/mol. The average molecular weight is 584 g/mol. The van der Waals surface area contributed by atoms with Gasteiger partial charge in [-0.3, -0.25) is 14.2 Å². The molecular formula is C33H37N5O3S. The highest BCUT2D eigenvalue weighted by molar-refractivity contribution is 7.99. The van der Waals surface area contributed by atoms with Crippen LogP contribution in [0, 0.1) is 13.8 Å². The van der Waals surface area contributed by atoms with Gasteiger partial charge in [-0.15, -0.1) is 10.2 Å². The van der Waals surface area contributed by atoms with E-state index in [1.54, 1.807) is 31.0 Å². The molecule has 218 valence electrons. The lowest BCUT2D eigenvalue weighted by molar-refractivity contribution is -0.133. The number of amides is 2. The van der Waals surface area contributed by atoms with Crippen LogP contribution in [0.15, 0.2) is 78.0 Å². The van der Waals surface area contributed by atoms with Crippen molar-refractivity contribution in [3.8, 4) is 22.8 Å². The number of methoxy groups -OCH3 is 1. The van der Waals surface area contributed by atoms with Crippen LogP contribution < -0.4 is 4.74 Å². The summed E-state index contributed by atoms with van der Waals surface area (Å²) in [7, 11) is 1.57. The maximum Gasteiger partial charge on any atom is 0.257 e. The Morgan fingerprint density at radius 1 is 0.929 bits per heavy atom. The number of piperazine rings is 1. The first-order valence-electron chi connectivity index (χ1n) is 14.3. The summed E-state index contributed by atoms with van der Waals surface area (Å²) >= 11 is 1.61. The zero-order valence-corrected chi connectivity index (χ0v) is 25.4. The number of hydrogen-bond acceptors (Lipinski definition) is 6. The molecule has 1 aromatic heterocycles. The third-order valence-corrected chi connectivity index (χ3v) is 8.60. The number of ether oxygens (including phenoxy) is 1. The van der Waals surface area contributed by atoms with Crippen molar-refractivity contribution < 1.29 is 14.3 Å². The lowest BCUT2D eigenvalue weighted by Gasteiger charge is -2.40. The minimum Gasteiger partial charge on any atom is -0.496 e. The molecule has 0 bridgehead atoms. The van der Waals surface area contributed by atoms with Crippen molar-refractivity contribution in [1.29, 1.82) is 0 Å². The molecule has 1 atom stereocenters. The van der Waals surface area contributed by atoms with E-state index in [0.29, 0.717) is 37.4 Å². The summed E-state index contributed by atoms with van der Waals surface area (Å²) in [6, 6.07) is 23.8. The number of benzene rings is 3. The molecule has 0 N–H and O–H groups in total. The zero-order valence-electron chi connectivity index (χ0n) is 24.6. The van der Waals surface area contributed by atoms with Gasteiger partial charge in [0.1, 0.15) is 5.75 Å². The SMILES string of the molecule is COc1ccccc1C(=O)N1CCN(C(=O)CCCSc2nnc(-c3ccc(C)cc3)n2-c2ccc(C)cc2)CC1C. The molecule has 3 aromatic carbocycles. The molecule has 8 nitrogen and oxygen atoms in total. The summed E-state index contributed by atoms with van der Waals surface area (Å²) < 4.78 is 7.47. The Labute approximate surface area is 251 Å². The van der Waals surface area contributed by atoms with E-state index < -0.39 is 0 Å². The Kier molecular flexibility index (Phi) is 9.27. The van der Waals surface area contributed by atoms with E-state index in [1.807, 2.05) is 28.9 Å². The second-order valence-corrected chi connectivity index (χ2v) is 11.7. The van der Waals surface area contributed by atoms with Crippen LogP contribution in [0.2, 0.25) is 0 Å². The molecule has 2 heterocycles. The predicted molar refractivity (Wildman–Crippen MR) is 166 cm³/mol. The minimum absolute atomic E-state index is 0.0638. The van der Waals surface area contributed by atoms with Gasteiger partial charge in [-0.25, -0.2) is 0 Å². The zero-order chi connectivity index (χ0) is 29.6. The van der Waals surface area contributed by atoms with Gasteiger partial charge < -0.3 is 14.5 Å². The molecule has 1 saturated heterocycles. The predicted octanol–water partition coefficient (Wildman–Crippen LogP) is 5.81. The number of carbonyl (C=O) groups excluding carboxylic acids is 2. The van der Waals surface area contributed by atoms with Crippen molar-refractivity contribution in [1.82, 2.24) is 24.6 Å². The van der Waals surface area contributed by atoms with Crippen LogP contribution >= 0.6 is 11.8 Å². The summed E-state index contributed by atoms with van der Waals surface area (Å²) in [5.41, 5.74) is 4.95. The third-order valence-electron chi connectivity index (χ3n) is 7.58. The molecule has 1 unspecified atom stereocenters. The van der Waals surface area contributed by atoms with Crippen molar-refractivity contribution in [3.05, 3.63) is 89.5 Å². The van der Waals surface area contributed by atoms with Gasteiger partial charge in [0.05, 0.1) is 12.7 Å². The topological polar surface area (TPSA) is 80.6 Å². The van der Waals surface area contributed by atoms with Gasteiger partial charge in [-0.1, -0.05) is 71.4 Å². The van der Waals surface area contributed by atoms with Crippen molar-refractivity contribution in [2.75, 3.05) is 32.5 Å². The number of rotatable bonds is 9. The molecule has 0 aliphatic carbocycles. The molecule has 9 heteroatoms. The Morgan fingerprint density at radius 3 is 2.31 bits per heavy atom. The maximum absolute atomic E-state index is 13.2. The molecule has 1 aliphatic rings. The molecule has 0 spiro atoms. The van der Waals surface area contributed by atoms with Gasteiger partial charge in [0, 0.05) is 49.1 Å². The number of thioether (sulfide) groups is 1. The van der Waals surface area contributed by atoms with Crippen LogP contribution in [0.3, 0.4) is 0 Å². The van der Waals surface area contributed by atoms with E-state index in [9.17, 15) is 9.59 Å².